The number of nitrogens with two attached hydrogens (primary N) is 1. The molecule has 1 heterocycles. The Morgan fingerprint density at radius 3 is 2.58 bits per heavy atom. The molecule has 0 saturated carbocycles. The average molecular weight is 348 g/mol. The minimum absolute atomic E-state index is 0.0946. The molecule has 0 atom stereocenters. The van der Waals surface area contributed by atoms with E-state index in [2.05, 4.69) is 26.2 Å². The molecule has 19 heavy (non-hydrogen) atoms. The maximum atomic E-state index is 13.5. The van der Waals surface area contributed by atoms with Crippen molar-refractivity contribution in [2.24, 2.45) is 0 Å². The molecule has 1 amide bonds. The number of aromatic nitrogens is 1. The van der Waals surface area contributed by atoms with Gasteiger partial charge in [0.25, 0.3) is 0 Å². The number of halogens is 3. The van der Waals surface area contributed by atoms with Crippen LogP contribution in [0.15, 0.2) is 22.0 Å². The lowest BCUT2D eigenvalue weighted by atomic mass is 10.2. The number of carbonyl (C=O) groups is 1. The first-order chi connectivity index (χ1) is 8.95. The van der Waals surface area contributed by atoms with E-state index >= 15 is 0 Å². The molecule has 0 radical (unpaired) electrons. The predicted molar refractivity (Wildman–Crippen MR) is 72.9 cm³/mol. The molecule has 2 rings (SSSR count). The maximum absolute atomic E-state index is 13.5. The normalized spacial score (nSPS) is 10.5. The van der Waals surface area contributed by atoms with Gasteiger partial charge < -0.3 is 11.1 Å². The van der Waals surface area contributed by atoms with E-state index in [-0.39, 0.29) is 10.9 Å². The van der Waals surface area contributed by atoms with Gasteiger partial charge in [0, 0.05) is 9.85 Å². The second kappa shape index (κ2) is 5.62. The van der Waals surface area contributed by atoms with Crippen LogP contribution in [-0.4, -0.2) is 10.9 Å². The number of anilines is 2. The van der Waals surface area contributed by atoms with Crippen LogP contribution in [-0.2, 0) is 11.2 Å². The van der Waals surface area contributed by atoms with E-state index in [1.165, 1.54) is 11.3 Å². The standard InChI is InChI=1S/C11H8BrF2N3OS/c12-5-1-7(13)10(8(14)2-5)17-9(18)3-6-4-19-11(15)16-6/h1-2,4H,3H2,(H2,15,16)(H,17,18). The van der Waals surface area contributed by atoms with Crippen LogP contribution in [0.1, 0.15) is 5.69 Å². The summed E-state index contributed by atoms with van der Waals surface area (Å²) in [5.41, 5.74) is 5.40. The molecule has 0 fully saturated rings. The first-order valence-electron chi connectivity index (χ1n) is 5.10. The summed E-state index contributed by atoms with van der Waals surface area (Å²) in [7, 11) is 0. The van der Waals surface area contributed by atoms with E-state index in [1.54, 1.807) is 5.38 Å². The molecule has 1 aromatic heterocycles. The number of rotatable bonds is 3. The summed E-state index contributed by atoms with van der Waals surface area (Å²) in [6.45, 7) is 0. The van der Waals surface area contributed by atoms with E-state index < -0.39 is 23.2 Å². The van der Waals surface area contributed by atoms with Crippen LogP contribution in [0.2, 0.25) is 0 Å². The second-order valence-corrected chi connectivity index (χ2v) is 5.45. The van der Waals surface area contributed by atoms with Crippen molar-refractivity contribution in [3.8, 4) is 0 Å². The predicted octanol–water partition coefficient (Wildman–Crippen LogP) is 2.95. The third kappa shape index (κ3) is 3.48. The number of nitrogens with zero attached hydrogens (tertiary/aromatic N) is 1. The number of hydrogen-bond donors (Lipinski definition) is 2. The summed E-state index contributed by atoms with van der Waals surface area (Å²) in [6.07, 6.45) is -0.0946. The van der Waals surface area contributed by atoms with Crippen LogP contribution in [0.25, 0.3) is 0 Å². The van der Waals surface area contributed by atoms with Crippen molar-refractivity contribution in [1.29, 1.82) is 0 Å². The third-order valence-corrected chi connectivity index (χ3v) is 3.36. The molecule has 0 bridgehead atoms. The van der Waals surface area contributed by atoms with Gasteiger partial charge in [-0.15, -0.1) is 11.3 Å². The number of nitrogens with one attached hydrogen (secondary N) is 1. The van der Waals surface area contributed by atoms with E-state index in [0.29, 0.717) is 10.8 Å². The molecule has 3 N–H and O–H groups in total. The zero-order valence-electron chi connectivity index (χ0n) is 9.41. The molecule has 8 heteroatoms. The molecule has 1 aromatic carbocycles. The molecular weight excluding hydrogens is 340 g/mol. The topological polar surface area (TPSA) is 68.0 Å². The van der Waals surface area contributed by atoms with Gasteiger partial charge in [0.15, 0.2) is 16.8 Å². The fourth-order valence-corrected chi connectivity index (χ4v) is 2.38. The van der Waals surface area contributed by atoms with Crippen LogP contribution in [0, 0.1) is 11.6 Å². The second-order valence-electron chi connectivity index (χ2n) is 3.65. The molecule has 100 valence electrons. The highest BCUT2D eigenvalue weighted by molar-refractivity contribution is 9.10. The van der Waals surface area contributed by atoms with Crippen LogP contribution in [0.3, 0.4) is 0 Å². The Labute approximate surface area is 119 Å². The van der Waals surface area contributed by atoms with E-state index in [9.17, 15) is 13.6 Å². The van der Waals surface area contributed by atoms with Gasteiger partial charge in [0.1, 0.15) is 5.69 Å². The maximum Gasteiger partial charge on any atom is 0.230 e. The summed E-state index contributed by atoms with van der Waals surface area (Å²) < 4.78 is 27.2. The van der Waals surface area contributed by atoms with Crippen molar-refractivity contribution in [3.63, 3.8) is 0 Å². The Bertz CT molecular complexity index is 609. The van der Waals surface area contributed by atoms with Crippen LogP contribution in [0.5, 0.6) is 0 Å². The van der Waals surface area contributed by atoms with Crippen molar-refractivity contribution in [2.45, 2.75) is 6.42 Å². The Morgan fingerprint density at radius 1 is 1.42 bits per heavy atom. The number of carbonyl (C=O) groups excluding carboxylic acids is 1. The van der Waals surface area contributed by atoms with Crippen molar-refractivity contribution in [1.82, 2.24) is 4.98 Å². The van der Waals surface area contributed by atoms with Gasteiger partial charge >= 0.3 is 0 Å². The highest BCUT2D eigenvalue weighted by Gasteiger charge is 2.14. The summed E-state index contributed by atoms with van der Waals surface area (Å²) in [5.74, 6) is -2.26. The Balaban J connectivity index is 2.11. The van der Waals surface area contributed by atoms with Crippen LogP contribution >= 0.6 is 27.3 Å². The van der Waals surface area contributed by atoms with Gasteiger partial charge in [-0.1, -0.05) is 15.9 Å². The first-order valence-corrected chi connectivity index (χ1v) is 6.77. The minimum Gasteiger partial charge on any atom is -0.375 e. The van der Waals surface area contributed by atoms with Gasteiger partial charge in [-0.05, 0) is 12.1 Å². The highest BCUT2D eigenvalue weighted by atomic mass is 79.9. The number of benzene rings is 1. The molecular formula is C11H8BrF2N3OS. The van der Waals surface area contributed by atoms with Gasteiger partial charge in [0.05, 0.1) is 12.1 Å². The Kier molecular flexibility index (Phi) is 4.11. The summed E-state index contributed by atoms with van der Waals surface area (Å²) in [5, 5.41) is 4.13. The third-order valence-electron chi connectivity index (χ3n) is 2.18. The fraction of sp³-hybridized carbons (Fsp3) is 0.0909. The lowest BCUT2D eigenvalue weighted by molar-refractivity contribution is -0.115. The lowest BCUT2D eigenvalue weighted by Crippen LogP contribution is -2.16. The number of nitrogen functional groups attached to an aromatic ring is 1. The van der Waals surface area contributed by atoms with Crippen molar-refractivity contribution in [2.75, 3.05) is 11.1 Å². The van der Waals surface area contributed by atoms with E-state index in [0.717, 1.165) is 12.1 Å². The largest absolute Gasteiger partial charge is 0.375 e. The van der Waals surface area contributed by atoms with Gasteiger partial charge in [0.2, 0.25) is 5.91 Å². The van der Waals surface area contributed by atoms with Crippen molar-refractivity contribution < 1.29 is 13.6 Å². The molecule has 4 nitrogen and oxygen atoms in total. The van der Waals surface area contributed by atoms with Crippen molar-refractivity contribution >= 4 is 44.0 Å². The van der Waals surface area contributed by atoms with Crippen LogP contribution < -0.4 is 11.1 Å². The fourth-order valence-electron chi connectivity index (χ4n) is 1.41. The Hall–Kier alpha value is -1.54. The molecule has 0 aliphatic rings. The first kappa shape index (κ1) is 13.9. The summed E-state index contributed by atoms with van der Waals surface area (Å²) in [6, 6.07) is 2.14. The van der Waals surface area contributed by atoms with E-state index in [1.807, 2.05) is 0 Å². The Morgan fingerprint density at radius 2 is 2.05 bits per heavy atom. The molecule has 0 unspecified atom stereocenters. The lowest BCUT2D eigenvalue weighted by Gasteiger charge is -2.07. The molecule has 2 aromatic rings. The molecule has 0 aliphatic heterocycles. The number of thiazole rings is 1. The van der Waals surface area contributed by atoms with Crippen molar-refractivity contribution in [3.05, 3.63) is 39.3 Å². The summed E-state index contributed by atoms with van der Waals surface area (Å²) in [4.78, 5) is 15.5. The number of amides is 1. The molecule has 0 spiro atoms. The highest BCUT2D eigenvalue weighted by Crippen LogP contribution is 2.24. The smallest absolute Gasteiger partial charge is 0.230 e. The van der Waals surface area contributed by atoms with E-state index in [4.69, 9.17) is 5.73 Å². The SMILES string of the molecule is Nc1nc(CC(=O)Nc2c(F)cc(Br)cc2F)cs1. The monoisotopic (exact) mass is 347 g/mol. The zero-order valence-corrected chi connectivity index (χ0v) is 11.8. The van der Waals surface area contributed by atoms with Gasteiger partial charge in [-0.3, -0.25) is 4.79 Å². The quantitative estimate of drug-likeness (QED) is 0.896. The minimum atomic E-state index is -0.849. The molecule has 0 aliphatic carbocycles. The summed E-state index contributed by atoms with van der Waals surface area (Å²) >= 11 is 4.15. The van der Waals surface area contributed by atoms with Gasteiger partial charge in [-0.2, -0.15) is 0 Å². The average Bonchev–Trinajstić information content (AvgIpc) is 2.69. The number of hydrogen-bond acceptors (Lipinski definition) is 4. The molecule has 0 saturated heterocycles. The van der Waals surface area contributed by atoms with Gasteiger partial charge in [-0.25, -0.2) is 13.8 Å². The zero-order chi connectivity index (χ0) is 14.0. The van der Waals surface area contributed by atoms with Crippen LogP contribution in [0.4, 0.5) is 19.6 Å².